The summed E-state index contributed by atoms with van der Waals surface area (Å²) >= 11 is 0. The number of hydrogen-bond acceptors (Lipinski definition) is 6. The molecule has 6 nitrogen and oxygen atoms in total. The van der Waals surface area contributed by atoms with Crippen LogP contribution in [0.1, 0.15) is 6.42 Å². The third-order valence-corrected chi connectivity index (χ3v) is 2.48. The third kappa shape index (κ3) is 9.89. The predicted molar refractivity (Wildman–Crippen MR) is 47.8 cm³/mol. The van der Waals surface area contributed by atoms with E-state index in [-0.39, 0.29) is 19.2 Å². The van der Waals surface area contributed by atoms with Crippen LogP contribution in [-0.4, -0.2) is 59.2 Å². The monoisotopic (exact) mass is 211 g/mol. The second-order valence-corrected chi connectivity index (χ2v) is 4.97. The van der Waals surface area contributed by atoms with Gasteiger partial charge in [0.15, 0.2) is 0 Å². The lowest BCUT2D eigenvalue weighted by atomic mass is 10.3. The van der Waals surface area contributed by atoms with Gasteiger partial charge in [-0.2, -0.15) is 0 Å². The van der Waals surface area contributed by atoms with Crippen molar-refractivity contribution in [2.45, 2.75) is 18.6 Å². The van der Waals surface area contributed by atoms with Crippen LogP contribution in [0.25, 0.3) is 0 Å². The first-order valence-corrected chi connectivity index (χ1v) is 6.17. The molecule has 13 heavy (non-hydrogen) atoms. The number of aliphatic hydroxyl groups is 2. The van der Waals surface area contributed by atoms with Crippen molar-refractivity contribution < 1.29 is 24.6 Å². The van der Waals surface area contributed by atoms with Crippen molar-refractivity contribution in [2.24, 2.45) is 0 Å². The fraction of sp³-hybridized carbons (Fsp3) is 1.00. The molecular formula is C6H17NO5Si. The minimum Gasteiger partial charge on any atom is -0.394 e. The van der Waals surface area contributed by atoms with Gasteiger partial charge in [0.25, 0.3) is 0 Å². The van der Waals surface area contributed by atoms with Gasteiger partial charge >= 0.3 is 8.80 Å². The van der Waals surface area contributed by atoms with Gasteiger partial charge in [0, 0.05) is 12.6 Å². The second-order valence-electron chi connectivity index (χ2n) is 2.92. The fourth-order valence-corrected chi connectivity index (χ4v) is 1.43. The van der Waals surface area contributed by atoms with Gasteiger partial charge in [0.2, 0.25) is 0 Å². The number of rotatable bonds is 7. The number of hydrogen-bond donors (Lipinski definition) is 6. The van der Waals surface area contributed by atoms with Crippen LogP contribution in [0.2, 0.25) is 6.04 Å². The van der Waals surface area contributed by atoms with Gasteiger partial charge in [-0.1, -0.05) is 0 Å². The maximum absolute atomic E-state index is 8.87. The summed E-state index contributed by atoms with van der Waals surface area (Å²) in [6, 6.07) is -0.0186. The Hall–Kier alpha value is -0.0231. The zero-order valence-corrected chi connectivity index (χ0v) is 8.35. The molecule has 0 radical (unpaired) electrons. The Labute approximate surface area is 77.8 Å². The standard InChI is InChI=1S/C6H17NO5Si/c8-5-6(9)4-7-2-1-3-13(10,11)12/h6-12H,1-5H2. The molecule has 7 heteroatoms. The van der Waals surface area contributed by atoms with Crippen molar-refractivity contribution in [1.82, 2.24) is 5.32 Å². The van der Waals surface area contributed by atoms with Gasteiger partial charge in [-0.05, 0) is 13.0 Å². The molecule has 0 heterocycles. The molecule has 0 aliphatic carbocycles. The van der Waals surface area contributed by atoms with Crippen molar-refractivity contribution in [2.75, 3.05) is 19.7 Å². The zero-order valence-electron chi connectivity index (χ0n) is 7.35. The molecule has 0 bridgehead atoms. The molecule has 0 aromatic rings. The molecule has 0 saturated carbocycles. The van der Waals surface area contributed by atoms with Crippen molar-refractivity contribution in [3.05, 3.63) is 0 Å². The van der Waals surface area contributed by atoms with Crippen LogP contribution < -0.4 is 5.32 Å². The lowest BCUT2D eigenvalue weighted by molar-refractivity contribution is 0.0945. The maximum atomic E-state index is 8.87. The second kappa shape index (κ2) is 6.43. The molecule has 0 aromatic heterocycles. The summed E-state index contributed by atoms with van der Waals surface area (Å²) in [7, 11) is -3.89. The zero-order chi connectivity index (χ0) is 10.3. The van der Waals surface area contributed by atoms with E-state index in [1.54, 1.807) is 0 Å². The summed E-state index contributed by atoms with van der Waals surface area (Å²) in [4.78, 5) is 25.8. The van der Waals surface area contributed by atoms with Gasteiger partial charge in [0.1, 0.15) is 0 Å². The van der Waals surface area contributed by atoms with E-state index in [4.69, 9.17) is 24.6 Å². The highest BCUT2D eigenvalue weighted by Crippen LogP contribution is 1.99. The Morgan fingerprint density at radius 1 is 1.23 bits per heavy atom. The van der Waals surface area contributed by atoms with E-state index in [1.165, 1.54) is 0 Å². The van der Waals surface area contributed by atoms with Crippen molar-refractivity contribution in [1.29, 1.82) is 0 Å². The first-order valence-electron chi connectivity index (χ1n) is 4.12. The molecule has 0 rings (SSSR count). The average molecular weight is 211 g/mol. The average Bonchev–Trinajstić information content (AvgIpc) is 2.01. The summed E-state index contributed by atoms with van der Waals surface area (Å²) in [5.41, 5.74) is 0. The highest BCUT2D eigenvalue weighted by atomic mass is 28.4. The number of aliphatic hydroxyl groups excluding tert-OH is 2. The van der Waals surface area contributed by atoms with E-state index < -0.39 is 14.9 Å². The molecule has 80 valence electrons. The molecule has 0 amide bonds. The smallest absolute Gasteiger partial charge is 0.394 e. The summed E-state index contributed by atoms with van der Waals surface area (Å²) in [6.45, 7) is 0.423. The first-order chi connectivity index (χ1) is 5.95. The highest BCUT2D eigenvalue weighted by Gasteiger charge is 2.25. The molecule has 0 aliphatic rings. The van der Waals surface area contributed by atoms with E-state index in [2.05, 4.69) is 5.32 Å². The Bertz CT molecular complexity index is 129. The number of nitrogens with one attached hydrogen (secondary N) is 1. The van der Waals surface area contributed by atoms with Crippen LogP contribution in [0, 0.1) is 0 Å². The van der Waals surface area contributed by atoms with Crippen molar-refractivity contribution in [3.63, 3.8) is 0 Å². The van der Waals surface area contributed by atoms with E-state index in [9.17, 15) is 0 Å². The van der Waals surface area contributed by atoms with E-state index in [1.807, 2.05) is 0 Å². The topological polar surface area (TPSA) is 113 Å². The first kappa shape index (κ1) is 13.0. The largest absolute Gasteiger partial charge is 0.492 e. The van der Waals surface area contributed by atoms with Crippen LogP contribution in [-0.2, 0) is 0 Å². The fourth-order valence-electron chi connectivity index (χ4n) is 0.784. The van der Waals surface area contributed by atoms with Crippen molar-refractivity contribution >= 4 is 8.80 Å². The summed E-state index contributed by atoms with van der Waals surface area (Å²) in [5, 5.41) is 20.1. The van der Waals surface area contributed by atoms with Crippen LogP contribution in [0.4, 0.5) is 0 Å². The molecule has 1 unspecified atom stereocenters. The van der Waals surface area contributed by atoms with Crippen LogP contribution in [0.15, 0.2) is 0 Å². The van der Waals surface area contributed by atoms with E-state index in [0.29, 0.717) is 13.0 Å². The van der Waals surface area contributed by atoms with Crippen molar-refractivity contribution in [3.8, 4) is 0 Å². The van der Waals surface area contributed by atoms with Gasteiger partial charge in [-0.3, -0.25) is 0 Å². The molecule has 6 N–H and O–H groups in total. The SMILES string of the molecule is OCC(O)CNCCC[Si](O)(O)O. The minimum atomic E-state index is -3.89. The maximum Gasteiger partial charge on any atom is 0.492 e. The van der Waals surface area contributed by atoms with E-state index in [0.717, 1.165) is 0 Å². The quantitative estimate of drug-likeness (QED) is 0.201. The molecule has 0 spiro atoms. The molecule has 0 fully saturated rings. The van der Waals surface area contributed by atoms with Gasteiger partial charge in [-0.25, -0.2) is 0 Å². The third-order valence-electron chi connectivity index (χ3n) is 1.46. The van der Waals surface area contributed by atoms with E-state index >= 15 is 0 Å². The predicted octanol–water partition coefficient (Wildman–Crippen LogP) is -2.76. The van der Waals surface area contributed by atoms with Gasteiger partial charge in [-0.15, -0.1) is 0 Å². The van der Waals surface area contributed by atoms with Gasteiger partial charge < -0.3 is 29.9 Å². The lowest BCUT2D eigenvalue weighted by Gasteiger charge is -2.10. The molecule has 0 aliphatic heterocycles. The molecule has 1 atom stereocenters. The molecule has 0 aromatic carbocycles. The summed E-state index contributed by atoms with van der Waals surface area (Å²) < 4.78 is 0. The Morgan fingerprint density at radius 2 is 1.85 bits per heavy atom. The Morgan fingerprint density at radius 3 is 2.31 bits per heavy atom. The normalized spacial score (nSPS) is 14.5. The molecular weight excluding hydrogens is 194 g/mol. The Kier molecular flexibility index (Phi) is 6.42. The highest BCUT2D eigenvalue weighted by molar-refractivity contribution is 6.56. The Balaban J connectivity index is 3.18. The minimum absolute atomic E-state index is 0.0186. The van der Waals surface area contributed by atoms with Crippen LogP contribution in [0.3, 0.4) is 0 Å². The lowest BCUT2D eigenvalue weighted by Crippen LogP contribution is -2.36. The van der Waals surface area contributed by atoms with Crippen LogP contribution >= 0.6 is 0 Å². The van der Waals surface area contributed by atoms with Crippen LogP contribution in [0.5, 0.6) is 0 Å². The van der Waals surface area contributed by atoms with Gasteiger partial charge in [0.05, 0.1) is 12.7 Å². The molecule has 0 saturated heterocycles. The summed E-state index contributed by atoms with van der Waals surface area (Å²) in [5.74, 6) is 0. The summed E-state index contributed by atoms with van der Waals surface area (Å²) in [6.07, 6.45) is -0.368.